The van der Waals surface area contributed by atoms with E-state index in [4.69, 9.17) is 4.74 Å². The molecule has 1 unspecified atom stereocenters. The van der Waals surface area contributed by atoms with Gasteiger partial charge in [-0.1, -0.05) is 0 Å². The number of piperazine rings is 1. The number of nitrogens with one attached hydrogen (secondary N) is 1. The second kappa shape index (κ2) is 5.96. The van der Waals surface area contributed by atoms with Gasteiger partial charge >= 0.3 is 6.09 Å². The van der Waals surface area contributed by atoms with Gasteiger partial charge in [0, 0.05) is 43.7 Å². The lowest BCUT2D eigenvalue weighted by atomic mass is 10.1. The fourth-order valence-corrected chi connectivity index (χ4v) is 3.98. The zero-order chi connectivity index (χ0) is 16.8. The maximum Gasteiger partial charge on any atom is 0.410 e. The molecule has 2 heterocycles. The fourth-order valence-electron chi connectivity index (χ4n) is 3.98. The summed E-state index contributed by atoms with van der Waals surface area (Å²) in [7, 11) is 0. The van der Waals surface area contributed by atoms with Crippen molar-refractivity contribution in [2.24, 2.45) is 5.92 Å². The van der Waals surface area contributed by atoms with Crippen molar-refractivity contribution < 1.29 is 14.3 Å². The SMILES string of the molecule is C[C@@H]1CN[C@@H](CN2C(=O)[C@@H]3CCC2C3)CN1C(=O)OC(C)(C)C. The number of nitrogens with zero attached hydrogens (tertiary/aromatic N) is 2. The Hall–Kier alpha value is -1.30. The van der Waals surface area contributed by atoms with Gasteiger partial charge in [-0.3, -0.25) is 4.79 Å². The molecule has 130 valence electrons. The van der Waals surface area contributed by atoms with E-state index in [1.807, 2.05) is 32.6 Å². The van der Waals surface area contributed by atoms with Crippen LogP contribution in [-0.2, 0) is 9.53 Å². The summed E-state index contributed by atoms with van der Waals surface area (Å²) in [6, 6.07) is 0.650. The highest BCUT2D eigenvalue weighted by Gasteiger charge is 2.45. The fraction of sp³-hybridized carbons (Fsp3) is 0.882. The number of ether oxygens (including phenoxy) is 1. The van der Waals surface area contributed by atoms with Gasteiger partial charge in [0.1, 0.15) is 5.60 Å². The molecule has 6 heteroatoms. The standard InChI is InChI=1S/C17H29N3O3/c1-11-8-18-13(9-19(11)16(22)23-17(2,3)4)10-20-14-6-5-12(7-14)15(20)21/h11-14,18H,5-10H2,1-4H3/t11-,12-,13-,14?/m1/s1. The number of fused-ring (bicyclic) bond motifs is 2. The Morgan fingerprint density at radius 1 is 1.35 bits per heavy atom. The largest absolute Gasteiger partial charge is 0.444 e. The van der Waals surface area contributed by atoms with Crippen molar-refractivity contribution >= 4 is 12.0 Å². The molecule has 3 fully saturated rings. The van der Waals surface area contributed by atoms with Crippen molar-refractivity contribution in [3.05, 3.63) is 0 Å². The minimum Gasteiger partial charge on any atom is -0.444 e. The van der Waals surface area contributed by atoms with Gasteiger partial charge in [-0.25, -0.2) is 4.79 Å². The van der Waals surface area contributed by atoms with Gasteiger partial charge in [0.05, 0.1) is 0 Å². The zero-order valence-electron chi connectivity index (χ0n) is 14.7. The van der Waals surface area contributed by atoms with Crippen molar-refractivity contribution in [3.63, 3.8) is 0 Å². The summed E-state index contributed by atoms with van der Waals surface area (Å²) in [5.41, 5.74) is -0.485. The van der Waals surface area contributed by atoms with Gasteiger partial charge in [0.2, 0.25) is 5.91 Å². The second-order valence-corrected chi connectivity index (χ2v) is 8.24. The number of carbonyl (C=O) groups is 2. The molecule has 1 saturated carbocycles. The van der Waals surface area contributed by atoms with E-state index in [2.05, 4.69) is 5.32 Å². The summed E-state index contributed by atoms with van der Waals surface area (Å²) in [5.74, 6) is 0.565. The lowest BCUT2D eigenvalue weighted by Crippen LogP contribution is -2.61. The molecule has 23 heavy (non-hydrogen) atoms. The number of rotatable bonds is 2. The highest BCUT2D eigenvalue weighted by molar-refractivity contribution is 5.82. The molecular formula is C17H29N3O3. The van der Waals surface area contributed by atoms with Crippen LogP contribution >= 0.6 is 0 Å². The summed E-state index contributed by atoms with van der Waals surface area (Å²) >= 11 is 0. The van der Waals surface area contributed by atoms with Crippen LogP contribution in [0.2, 0.25) is 0 Å². The number of amides is 2. The lowest BCUT2D eigenvalue weighted by molar-refractivity contribution is -0.134. The van der Waals surface area contributed by atoms with Gasteiger partial charge in [0.25, 0.3) is 0 Å². The molecule has 0 spiro atoms. The summed E-state index contributed by atoms with van der Waals surface area (Å²) < 4.78 is 5.52. The summed E-state index contributed by atoms with van der Waals surface area (Å²) in [4.78, 5) is 28.5. The first-order valence-corrected chi connectivity index (χ1v) is 8.78. The first kappa shape index (κ1) is 16.6. The normalized spacial score (nSPS) is 34.2. The van der Waals surface area contributed by atoms with Crippen molar-refractivity contribution in [2.45, 2.75) is 70.7 Å². The van der Waals surface area contributed by atoms with E-state index in [-0.39, 0.29) is 24.1 Å². The van der Waals surface area contributed by atoms with E-state index in [0.717, 1.165) is 25.8 Å². The zero-order valence-corrected chi connectivity index (χ0v) is 14.7. The predicted octanol–water partition coefficient (Wildman–Crippen LogP) is 1.59. The molecule has 2 aliphatic heterocycles. The molecule has 0 aromatic heterocycles. The van der Waals surface area contributed by atoms with E-state index in [1.54, 1.807) is 4.90 Å². The van der Waals surface area contributed by atoms with Gasteiger partial charge in [0.15, 0.2) is 0 Å². The van der Waals surface area contributed by atoms with Crippen LogP contribution in [0.4, 0.5) is 4.79 Å². The summed E-state index contributed by atoms with van der Waals surface area (Å²) in [6.07, 6.45) is 2.96. The molecule has 0 aromatic rings. The maximum atomic E-state index is 12.4. The van der Waals surface area contributed by atoms with Gasteiger partial charge < -0.3 is 19.9 Å². The smallest absolute Gasteiger partial charge is 0.410 e. The third-order valence-electron chi connectivity index (χ3n) is 5.17. The van der Waals surface area contributed by atoms with E-state index in [9.17, 15) is 9.59 Å². The van der Waals surface area contributed by atoms with Crippen LogP contribution in [0.5, 0.6) is 0 Å². The van der Waals surface area contributed by atoms with Crippen LogP contribution < -0.4 is 5.32 Å². The Kier molecular flexibility index (Phi) is 4.29. The monoisotopic (exact) mass is 323 g/mol. The van der Waals surface area contributed by atoms with E-state index in [1.165, 1.54) is 0 Å². The molecule has 6 nitrogen and oxygen atoms in total. The molecule has 0 aromatic carbocycles. The van der Waals surface area contributed by atoms with Crippen molar-refractivity contribution in [1.82, 2.24) is 15.1 Å². The Morgan fingerprint density at radius 2 is 2.09 bits per heavy atom. The molecule has 1 N–H and O–H groups in total. The van der Waals surface area contributed by atoms with Crippen molar-refractivity contribution in [3.8, 4) is 0 Å². The number of hydrogen-bond donors (Lipinski definition) is 1. The third-order valence-corrected chi connectivity index (χ3v) is 5.17. The van der Waals surface area contributed by atoms with E-state index < -0.39 is 5.60 Å². The van der Waals surface area contributed by atoms with E-state index in [0.29, 0.717) is 25.0 Å². The van der Waals surface area contributed by atoms with Crippen LogP contribution in [0.25, 0.3) is 0 Å². The minimum absolute atomic E-state index is 0.104. The minimum atomic E-state index is -0.485. The third kappa shape index (κ3) is 3.47. The number of hydrogen-bond acceptors (Lipinski definition) is 4. The Morgan fingerprint density at radius 3 is 2.70 bits per heavy atom. The van der Waals surface area contributed by atoms with Crippen LogP contribution in [0.1, 0.15) is 47.0 Å². The Bertz CT molecular complexity index is 488. The van der Waals surface area contributed by atoms with Crippen LogP contribution in [-0.4, -0.2) is 65.2 Å². The number of carbonyl (C=O) groups excluding carboxylic acids is 2. The maximum absolute atomic E-state index is 12.4. The Labute approximate surface area is 138 Å². The first-order chi connectivity index (χ1) is 10.7. The van der Waals surface area contributed by atoms with Crippen LogP contribution in [0, 0.1) is 5.92 Å². The first-order valence-electron chi connectivity index (χ1n) is 8.78. The molecule has 4 atom stereocenters. The molecule has 2 bridgehead atoms. The molecule has 2 saturated heterocycles. The number of piperidine rings is 1. The second-order valence-electron chi connectivity index (χ2n) is 8.24. The molecular weight excluding hydrogens is 294 g/mol. The highest BCUT2D eigenvalue weighted by atomic mass is 16.6. The quantitative estimate of drug-likeness (QED) is 0.838. The average Bonchev–Trinajstić information content (AvgIpc) is 3.02. The topological polar surface area (TPSA) is 61.9 Å². The van der Waals surface area contributed by atoms with Gasteiger partial charge in [-0.05, 0) is 47.0 Å². The van der Waals surface area contributed by atoms with Gasteiger partial charge in [-0.2, -0.15) is 0 Å². The average molecular weight is 323 g/mol. The van der Waals surface area contributed by atoms with Crippen molar-refractivity contribution in [1.29, 1.82) is 0 Å². The lowest BCUT2D eigenvalue weighted by Gasteiger charge is -2.41. The predicted molar refractivity (Wildman–Crippen MR) is 87.0 cm³/mol. The van der Waals surface area contributed by atoms with Crippen LogP contribution in [0.3, 0.4) is 0 Å². The van der Waals surface area contributed by atoms with Crippen molar-refractivity contribution in [2.75, 3.05) is 19.6 Å². The summed E-state index contributed by atoms with van der Waals surface area (Å²) in [6.45, 7) is 9.71. The number of likely N-dealkylation sites (tertiary alicyclic amines) is 1. The van der Waals surface area contributed by atoms with E-state index >= 15 is 0 Å². The van der Waals surface area contributed by atoms with Crippen LogP contribution in [0.15, 0.2) is 0 Å². The summed E-state index contributed by atoms with van der Waals surface area (Å²) in [5, 5.41) is 3.48. The molecule has 0 radical (unpaired) electrons. The molecule has 2 amide bonds. The molecule has 3 rings (SSSR count). The molecule has 1 aliphatic carbocycles. The highest BCUT2D eigenvalue weighted by Crippen LogP contribution is 2.38. The Balaban J connectivity index is 1.59. The van der Waals surface area contributed by atoms with Gasteiger partial charge in [-0.15, -0.1) is 0 Å². The molecule has 3 aliphatic rings.